The zero-order chi connectivity index (χ0) is 16.1. The lowest BCUT2D eigenvalue weighted by Crippen LogP contribution is -2.17. The molecule has 2 aromatic rings. The van der Waals surface area contributed by atoms with Gasteiger partial charge in [-0.2, -0.15) is 5.10 Å². The van der Waals surface area contributed by atoms with Crippen molar-refractivity contribution in [2.45, 2.75) is 0 Å². The summed E-state index contributed by atoms with van der Waals surface area (Å²) >= 11 is 0. The van der Waals surface area contributed by atoms with Crippen molar-refractivity contribution < 1.29 is 19.9 Å². The first kappa shape index (κ1) is 15.0. The Hall–Kier alpha value is -3.42. The molecular formula is C14H11N3O5. The highest BCUT2D eigenvalue weighted by atomic mass is 16.6. The van der Waals surface area contributed by atoms with E-state index in [1.165, 1.54) is 36.5 Å². The van der Waals surface area contributed by atoms with Crippen molar-refractivity contribution in [1.82, 2.24) is 5.43 Å². The second-order valence-corrected chi connectivity index (χ2v) is 4.25. The number of nitro benzene ring substituents is 1. The highest BCUT2D eigenvalue weighted by Gasteiger charge is 2.10. The van der Waals surface area contributed by atoms with Gasteiger partial charge in [-0.3, -0.25) is 14.9 Å². The Labute approximate surface area is 124 Å². The van der Waals surface area contributed by atoms with Crippen LogP contribution in [0.3, 0.4) is 0 Å². The van der Waals surface area contributed by atoms with E-state index >= 15 is 0 Å². The zero-order valence-corrected chi connectivity index (χ0v) is 11.1. The number of phenols is 2. The quantitative estimate of drug-likeness (QED) is 0.451. The molecule has 0 aliphatic rings. The molecule has 0 aliphatic heterocycles. The molecule has 0 heterocycles. The molecule has 8 nitrogen and oxygen atoms in total. The zero-order valence-electron chi connectivity index (χ0n) is 11.1. The van der Waals surface area contributed by atoms with Crippen LogP contribution in [-0.4, -0.2) is 27.3 Å². The molecule has 2 aromatic carbocycles. The van der Waals surface area contributed by atoms with Crippen LogP contribution in [0.2, 0.25) is 0 Å². The van der Waals surface area contributed by atoms with E-state index in [0.29, 0.717) is 5.56 Å². The summed E-state index contributed by atoms with van der Waals surface area (Å²) in [6.07, 6.45) is 1.24. The Morgan fingerprint density at radius 1 is 1.23 bits per heavy atom. The first-order chi connectivity index (χ1) is 10.5. The van der Waals surface area contributed by atoms with Crippen molar-refractivity contribution in [2.75, 3.05) is 0 Å². The van der Waals surface area contributed by atoms with Gasteiger partial charge in [0, 0.05) is 23.8 Å². The number of hydrogen-bond donors (Lipinski definition) is 3. The van der Waals surface area contributed by atoms with E-state index in [1.807, 2.05) is 0 Å². The number of hydrazone groups is 1. The minimum absolute atomic E-state index is 0.0611. The number of non-ortho nitro benzene ring substituents is 1. The van der Waals surface area contributed by atoms with Crippen LogP contribution in [0.4, 0.5) is 5.69 Å². The maximum Gasteiger partial charge on any atom is 0.275 e. The Bertz CT molecular complexity index is 758. The molecule has 1 amide bonds. The van der Waals surface area contributed by atoms with Gasteiger partial charge in [0.2, 0.25) is 0 Å². The second kappa shape index (κ2) is 6.35. The lowest BCUT2D eigenvalue weighted by atomic mass is 10.2. The Balaban J connectivity index is 2.07. The highest BCUT2D eigenvalue weighted by molar-refractivity contribution is 5.97. The molecule has 0 saturated heterocycles. The minimum Gasteiger partial charge on any atom is -0.508 e. The lowest BCUT2D eigenvalue weighted by molar-refractivity contribution is -0.384. The van der Waals surface area contributed by atoms with Crippen molar-refractivity contribution >= 4 is 17.8 Å². The molecule has 0 aliphatic carbocycles. The summed E-state index contributed by atoms with van der Waals surface area (Å²) in [5.41, 5.74) is 2.46. The van der Waals surface area contributed by atoms with Gasteiger partial charge >= 0.3 is 0 Å². The Kier molecular flexibility index (Phi) is 4.33. The van der Waals surface area contributed by atoms with Crippen molar-refractivity contribution in [3.8, 4) is 11.5 Å². The van der Waals surface area contributed by atoms with Crippen molar-refractivity contribution in [2.24, 2.45) is 5.10 Å². The number of benzene rings is 2. The fourth-order valence-electron chi connectivity index (χ4n) is 1.66. The van der Waals surface area contributed by atoms with Crippen LogP contribution in [0.5, 0.6) is 11.5 Å². The molecule has 8 heteroatoms. The number of nitrogens with zero attached hydrogens (tertiary/aromatic N) is 2. The number of carbonyl (C=O) groups excluding carboxylic acids is 1. The van der Waals surface area contributed by atoms with E-state index in [2.05, 4.69) is 10.5 Å². The number of nitro groups is 1. The number of hydrogen-bond acceptors (Lipinski definition) is 6. The number of nitrogens with one attached hydrogen (secondary N) is 1. The average molecular weight is 301 g/mol. The minimum atomic E-state index is -0.681. The number of rotatable bonds is 4. The van der Waals surface area contributed by atoms with E-state index in [4.69, 9.17) is 5.11 Å². The Morgan fingerprint density at radius 2 is 2.00 bits per heavy atom. The van der Waals surface area contributed by atoms with Gasteiger partial charge in [-0.1, -0.05) is 12.1 Å². The molecule has 112 valence electrons. The van der Waals surface area contributed by atoms with Crippen LogP contribution in [0.1, 0.15) is 15.9 Å². The molecule has 0 aromatic heterocycles. The highest BCUT2D eigenvalue weighted by Crippen LogP contribution is 2.22. The monoisotopic (exact) mass is 301 g/mol. The third-order valence-electron chi connectivity index (χ3n) is 2.69. The molecule has 0 bridgehead atoms. The van der Waals surface area contributed by atoms with E-state index in [1.54, 1.807) is 6.07 Å². The van der Waals surface area contributed by atoms with E-state index in [9.17, 15) is 20.0 Å². The smallest absolute Gasteiger partial charge is 0.275 e. The van der Waals surface area contributed by atoms with Crippen LogP contribution in [-0.2, 0) is 0 Å². The molecule has 0 fully saturated rings. The fourth-order valence-corrected chi connectivity index (χ4v) is 1.66. The predicted octanol–water partition coefficient (Wildman–Crippen LogP) is 1.77. The molecular weight excluding hydrogens is 290 g/mol. The molecule has 3 N–H and O–H groups in total. The van der Waals surface area contributed by atoms with Gasteiger partial charge in [0.25, 0.3) is 11.6 Å². The molecule has 2 rings (SSSR count). The van der Waals surface area contributed by atoms with Crippen LogP contribution in [0.15, 0.2) is 47.6 Å². The SMILES string of the molecule is O=C(NN=Cc1cccc([N+](=O)[O-])c1)c1ccc(O)cc1O. The molecule has 22 heavy (non-hydrogen) atoms. The van der Waals surface area contributed by atoms with Gasteiger partial charge in [0.1, 0.15) is 11.5 Å². The standard InChI is InChI=1S/C14H11N3O5/c18-11-4-5-12(13(19)7-11)14(20)16-15-8-9-2-1-3-10(6-9)17(21)22/h1-8,18-19H,(H,16,20). The summed E-state index contributed by atoms with van der Waals surface area (Å²) in [5, 5.41) is 33.0. The van der Waals surface area contributed by atoms with Crippen LogP contribution in [0, 0.1) is 10.1 Å². The molecule has 0 spiro atoms. The number of carbonyl (C=O) groups is 1. The van der Waals surface area contributed by atoms with Crippen molar-refractivity contribution in [3.05, 3.63) is 63.7 Å². The van der Waals surface area contributed by atoms with E-state index < -0.39 is 10.8 Å². The van der Waals surface area contributed by atoms with E-state index in [-0.39, 0.29) is 22.7 Å². The summed E-state index contributed by atoms with van der Waals surface area (Å²) in [7, 11) is 0. The molecule has 0 saturated carbocycles. The second-order valence-electron chi connectivity index (χ2n) is 4.25. The molecule has 0 atom stereocenters. The van der Waals surface area contributed by atoms with Gasteiger partial charge < -0.3 is 10.2 Å². The Morgan fingerprint density at radius 3 is 2.68 bits per heavy atom. The normalized spacial score (nSPS) is 10.5. The topological polar surface area (TPSA) is 125 Å². The first-order valence-corrected chi connectivity index (χ1v) is 6.07. The third kappa shape index (κ3) is 3.57. The summed E-state index contributed by atoms with van der Waals surface area (Å²) in [6.45, 7) is 0. The maximum absolute atomic E-state index is 11.8. The van der Waals surface area contributed by atoms with Crippen LogP contribution < -0.4 is 5.43 Å². The van der Waals surface area contributed by atoms with Gasteiger partial charge in [-0.25, -0.2) is 5.43 Å². The van der Waals surface area contributed by atoms with Crippen LogP contribution >= 0.6 is 0 Å². The largest absolute Gasteiger partial charge is 0.508 e. The van der Waals surface area contributed by atoms with Gasteiger partial charge in [0.05, 0.1) is 16.7 Å². The van der Waals surface area contributed by atoms with Crippen molar-refractivity contribution in [3.63, 3.8) is 0 Å². The number of aromatic hydroxyl groups is 2. The van der Waals surface area contributed by atoms with Gasteiger partial charge in [-0.15, -0.1) is 0 Å². The molecule has 0 unspecified atom stereocenters. The maximum atomic E-state index is 11.8. The summed E-state index contributed by atoms with van der Waals surface area (Å²) < 4.78 is 0. The van der Waals surface area contributed by atoms with Crippen molar-refractivity contribution in [1.29, 1.82) is 0 Å². The van der Waals surface area contributed by atoms with E-state index in [0.717, 1.165) is 6.07 Å². The van der Waals surface area contributed by atoms with Gasteiger partial charge in [0.15, 0.2) is 0 Å². The van der Waals surface area contributed by atoms with Crippen LogP contribution in [0.25, 0.3) is 0 Å². The summed E-state index contributed by atoms with van der Waals surface area (Å²) in [4.78, 5) is 21.9. The average Bonchev–Trinajstić information content (AvgIpc) is 2.47. The molecule has 0 radical (unpaired) electrons. The fraction of sp³-hybridized carbons (Fsp3) is 0. The van der Waals surface area contributed by atoms with Gasteiger partial charge in [-0.05, 0) is 12.1 Å². The lowest BCUT2D eigenvalue weighted by Gasteiger charge is -2.03. The third-order valence-corrected chi connectivity index (χ3v) is 2.69. The number of phenolic OH excluding ortho intramolecular Hbond substituents is 2. The first-order valence-electron chi connectivity index (χ1n) is 6.07. The number of amides is 1. The predicted molar refractivity (Wildman–Crippen MR) is 77.9 cm³/mol. The summed E-state index contributed by atoms with van der Waals surface area (Å²) in [6, 6.07) is 9.23. The summed E-state index contributed by atoms with van der Waals surface area (Å²) in [5.74, 6) is -1.24.